The van der Waals surface area contributed by atoms with Crippen LogP contribution < -0.4 is 16.0 Å². The highest BCUT2D eigenvalue weighted by Gasteiger charge is 2.58. The highest BCUT2D eigenvalue weighted by molar-refractivity contribution is 5.87. The fraction of sp³-hybridized carbons (Fsp3) is 0.778. The van der Waals surface area contributed by atoms with Crippen molar-refractivity contribution < 1.29 is 18.4 Å². The number of hydrogen-bond donors (Lipinski definition) is 3. The van der Waals surface area contributed by atoms with Crippen molar-refractivity contribution >= 4 is 11.9 Å². The Balaban J connectivity index is 1.32. The zero-order valence-corrected chi connectivity index (χ0v) is 28.5. The molecular formula is C36H55F2N7O2. The van der Waals surface area contributed by atoms with Crippen molar-refractivity contribution in [2.24, 2.45) is 23.7 Å². The van der Waals surface area contributed by atoms with Crippen LogP contribution in [0.25, 0.3) is 0 Å². The fourth-order valence-corrected chi connectivity index (χ4v) is 10.6. The van der Waals surface area contributed by atoms with E-state index in [0.717, 1.165) is 38.8 Å². The van der Waals surface area contributed by atoms with Crippen LogP contribution in [-0.4, -0.2) is 106 Å². The molecule has 9 nitrogen and oxygen atoms in total. The molecule has 6 aliphatic rings. The first-order valence-corrected chi connectivity index (χ1v) is 18.3. The first kappa shape index (κ1) is 33.0. The maximum Gasteiger partial charge on any atom is 0.320 e. The van der Waals surface area contributed by atoms with Gasteiger partial charge in [-0.25, -0.2) is 13.6 Å². The van der Waals surface area contributed by atoms with Crippen LogP contribution in [0.15, 0.2) is 31.0 Å². The molecule has 13 atom stereocenters. The van der Waals surface area contributed by atoms with Crippen molar-refractivity contribution in [3.8, 4) is 0 Å². The molecule has 2 bridgehead atoms. The molecule has 0 aromatic carbocycles. The number of amides is 3. The Bertz CT molecular complexity index is 1320. The molecule has 47 heavy (non-hydrogen) atoms. The van der Waals surface area contributed by atoms with E-state index in [1.165, 1.54) is 11.8 Å². The molecule has 0 spiro atoms. The van der Waals surface area contributed by atoms with Crippen LogP contribution in [0.1, 0.15) is 77.8 Å². The number of nitrogens with one attached hydrogen (secondary N) is 3. The average Bonchev–Trinajstić information content (AvgIpc) is 3.52. The molecule has 0 radical (unpaired) electrons. The van der Waals surface area contributed by atoms with Crippen LogP contribution >= 0.6 is 0 Å². The molecule has 3 amide bonds. The number of carbonyl (C=O) groups is 2. The number of aryl methyl sites for hydroxylation is 1. The van der Waals surface area contributed by atoms with E-state index in [1.807, 2.05) is 16.7 Å². The zero-order chi connectivity index (χ0) is 33.1. The summed E-state index contributed by atoms with van der Waals surface area (Å²) < 4.78 is 35.2. The van der Waals surface area contributed by atoms with Crippen molar-refractivity contribution in [3.05, 3.63) is 36.7 Å². The summed E-state index contributed by atoms with van der Waals surface area (Å²) >= 11 is 0. The SMILES string of the molecule is C=CC(=O)N1C[C@H](C)N(C2NC(=O)N3C4NC(C(F)CC42)C2C(F)CCCC2CCn2cccc2C2CCNC(C(C)C)C23)C[C@H]1C. The Kier molecular flexibility index (Phi) is 9.19. The smallest absolute Gasteiger partial charge is 0.320 e. The van der Waals surface area contributed by atoms with Gasteiger partial charge in [0.15, 0.2) is 0 Å². The van der Waals surface area contributed by atoms with E-state index < -0.39 is 36.6 Å². The molecule has 1 saturated carbocycles. The zero-order valence-electron chi connectivity index (χ0n) is 28.5. The maximum atomic E-state index is 16.8. The molecular weight excluding hydrogens is 600 g/mol. The Morgan fingerprint density at radius 3 is 2.64 bits per heavy atom. The van der Waals surface area contributed by atoms with Crippen LogP contribution in [0.2, 0.25) is 0 Å². The lowest BCUT2D eigenvalue weighted by molar-refractivity contribution is -0.136. The molecule has 260 valence electrons. The molecule has 3 N–H and O–H groups in total. The largest absolute Gasteiger partial charge is 0.351 e. The third-order valence-electron chi connectivity index (χ3n) is 12.8. The summed E-state index contributed by atoms with van der Waals surface area (Å²) in [4.78, 5) is 33.5. The molecule has 11 heteroatoms. The first-order valence-electron chi connectivity index (χ1n) is 18.3. The highest BCUT2D eigenvalue weighted by Crippen LogP contribution is 2.46. The van der Waals surface area contributed by atoms with Crippen molar-refractivity contribution in [1.82, 2.24) is 35.2 Å². The topological polar surface area (TPSA) is 84.9 Å². The summed E-state index contributed by atoms with van der Waals surface area (Å²) in [5.41, 5.74) is 1.24. The first-order chi connectivity index (χ1) is 22.6. The normalized spacial score (nSPS) is 42.7. The lowest BCUT2D eigenvalue weighted by atomic mass is 9.68. The molecule has 1 aliphatic carbocycles. The predicted octanol–water partition coefficient (Wildman–Crippen LogP) is 4.22. The number of carbonyl (C=O) groups excluding carboxylic acids is 2. The minimum absolute atomic E-state index is 0.0371. The third kappa shape index (κ3) is 5.71. The summed E-state index contributed by atoms with van der Waals surface area (Å²) in [5, 5.41) is 10.9. The average molecular weight is 656 g/mol. The standard InChI is InChI=1S/C36H55F2N7O2/c1-6-29(46)43-18-22(5)44(19-21(43)4)34-25-17-27(38)32-30-23(9-7-10-26(30)37)13-16-42-15-8-11-28(42)24-12-14-39-31(20(2)3)33(24)45(35(25)40-32)36(47)41-34/h6,8,11,15,20-27,30-35,39-40H,1,7,9-10,12-14,16-19H2,2-5H3,(H,41,47)/t21-,22+,23?,24?,25?,26?,27?,30?,31?,32?,33?,34?,35?/m1/s1. The predicted molar refractivity (Wildman–Crippen MR) is 178 cm³/mol. The van der Waals surface area contributed by atoms with Crippen molar-refractivity contribution in [1.29, 1.82) is 0 Å². The van der Waals surface area contributed by atoms with Crippen LogP contribution in [0, 0.1) is 23.7 Å². The van der Waals surface area contributed by atoms with Crippen LogP contribution in [0.5, 0.6) is 0 Å². The Morgan fingerprint density at radius 2 is 1.87 bits per heavy atom. The van der Waals surface area contributed by atoms with E-state index in [1.54, 1.807) is 0 Å². The number of piperidine rings is 2. The maximum absolute atomic E-state index is 16.8. The van der Waals surface area contributed by atoms with E-state index in [0.29, 0.717) is 19.5 Å². The quantitative estimate of drug-likeness (QED) is 0.425. The Hall–Kier alpha value is -2.50. The van der Waals surface area contributed by atoms with Gasteiger partial charge in [0.2, 0.25) is 5.91 Å². The van der Waals surface area contributed by atoms with Crippen molar-refractivity contribution in [2.45, 2.75) is 134 Å². The number of urea groups is 1. The number of halogens is 2. The van der Waals surface area contributed by atoms with Gasteiger partial charge in [-0.15, -0.1) is 0 Å². The summed E-state index contributed by atoms with van der Waals surface area (Å²) in [6.45, 7) is 14.9. The molecule has 4 saturated heterocycles. The Labute approximate surface area is 278 Å². The number of aromatic nitrogens is 1. The molecule has 6 heterocycles. The number of fused-ring (bicyclic) bond motifs is 7. The van der Waals surface area contributed by atoms with E-state index in [-0.39, 0.29) is 66.2 Å². The van der Waals surface area contributed by atoms with E-state index in [2.05, 4.69) is 71.1 Å². The summed E-state index contributed by atoms with van der Waals surface area (Å²) in [6.07, 6.45) is 4.49. The highest BCUT2D eigenvalue weighted by atomic mass is 19.1. The van der Waals surface area contributed by atoms with Gasteiger partial charge in [-0.2, -0.15) is 0 Å². The molecule has 11 unspecified atom stereocenters. The number of rotatable bonds is 3. The van der Waals surface area contributed by atoms with Gasteiger partial charge in [0, 0.05) is 73.4 Å². The second-order valence-corrected chi connectivity index (χ2v) is 15.8. The van der Waals surface area contributed by atoms with E-state index in [4.69, 9.17) is 0 Å². The summed E-state index contributed by atoms with van der Waals surface area (Å²) in [5.74, 6) is -0.363. The van der Waals surface area contributed by atoms with Gasteiger partial charge in [-0.3, -0.25) is 15.0 Å². The number of hydrogen-bond acceptors (Lipinski definition) is 5. The monoisotopic (exact) mass is 655 g/mol. The van der Waals surface area contributed by atoms with Crippen LogP contribution in [0.3, 0.4) is 0 Å². The minimum Gasteiger partial charge on any atom is -0.351 e. The van der Waals surface area contributed by atoms with Crippen LogP contribution in [0.4, 0.5) is 13.6 Å². The van der Waals surface area contributed by atoms with Gasteiger partial charge in [0.25, 0.3) is 0 Å². The molecule has 7 rings (SSSR count). The van der Waals surface area contributed by atoms with E-state index >= 15 is 8.78 Å². The van der Waals surface area contributed by atoms with Gasteiger partial charge in [-0.1, -0.05) is 26.8 Å². The van der Waals surface area contributed by atoms with Gasteiger partial charge in [0.1, 0.15) is 12.3 Å². The molecule has 1 aromatic rings. The number of piperazine rings is 1. The number of alkyl halides is 2. The van der Waals surface area contributed by atoms with Crippen molar-refractivity contribution in [3.63, 3.8) is 0 Å². The van der Waals surface area contributed by atoms with Gasteiger partial charge in [-0.05, 0) is 82.5 Å². The minimum atomic E-state index is -1.23. The fourth-order valence-electron chi connectivity index (χ4n) is 10.6. The summed E-state index contributed by atoms with van der Waals surface area (Å²) in [6, 6.07) is 3.24. The molecule has 5 fully saturated rings. The Morgan fingerprint density at radius 1 is 1.06 bits per heavy atom. The second kappa shape index (κ2) is 13.1. The van der Waals surface area contributed by atoms with E-state index in [9.17, 15) is 9.59 Å². The van der Waals surface area contributed by atoms with Crippen LogP contribution in [-0.2, 0) is 11.3 Å². The van der Waals surface area contributed by atoms with Gasteiger partial charge >= 0.3 is 6.03 Å². The summed E-state index contributed by atoms with van der Waals surface area (Å²) in [7, 11) is 0. The lowest BCUT2D eigenvalue weighted by Gasteiger charge is -2.60. The van der Waals surface area contributed by atoms with Gasteiger partial charge < -0.3 is 25.0 Å². The van der Waals surface area contributed by atoms with Crippen molar-refractivity contribution in [2.75, 3.05) is 19.6 Å². The third-order valence-corrected chi connectivity index (χ3v) is 12.8. The number of nitrogens with zero attached hydrogens (tertiary/aromatic N) is 4. The molecule has 5 aliphatic heterocycles. The lowest BCUT2D eigenvalue weighted by Crippen LogP contribution is -2.80. The molecule has 1 aromatic heterocycles. The van der Waals surface area contributed by atoms with Gasteiger partial charge in [0.05, 0.1) is 18.4 Å². The second-order valence-electron chi connectivity index (χ2n) is 15.8.